The standard InChI is InChI=1S/C76H143NO13/c1-3-5-7-9-11-13-15-17-19-21-22-23-24-25-26-27-28-29-30-31-32-33-34-35-36-37-38-39-40-41-42-43-44-46-48-50-52-54-56-58-60-68(81)77-64(65(80)59-57-55-53-51-49-47-45-20-18-16-14-12-10-8-6-4-2)63-87-75-73(86)71(84)74(67(62-79)89-75)90-76-72(85)70(83)69(82)66(61-78)88-76/h18,20,49,51,57,59,64-67,69-76,78-80,82-86H,3-17,19,21-48,50,52-56,58,60-63H2,1-2H3,(H,77,81)/b20-18+,51-49+,59-57+. The van der Waals surface area contributed by atoms with Crippen molar-refractivity contribution in [3.05, 3.63) is 36.5 Å². The van der Waals surface area contributed by atoms with E-state index in [-0.39, 0.29) is 18.9 Å². The first-order chi connectivity index (χ1) is 44.1. The van der Waals surface area contributed by atoms with Gasteiger partial charge in [-0.3, -0.25) is 4.79 Å². The molecular weight excluding hydrogens is 1130 g/mol. The van der Waals surface area contributed by atoms with Crippen LogP contribution in [-0.2, 0) is 23.7 Å². The molecule has 0 saturated carbocycles. The highest BCUT2D eigenvalue weighted by atomic mass is 16.7. The zero-order valence-corrected chi connectivity index (χ0v) is 57.9. The number of ether oxygens (including phenoxy) is 4. The van der Waals surface area contributed by atoms with Crippen LogP contribution in [0.4, 0.5) is 0 Å². The van der Waals surface area contributed by atoms with E-state index < -0.39 is 86.8 Å². The van der Waals surface area contributed by atoms with Crippen LogP contribution in [0.25, 0.3) is 0 Å². The van der Waals surface area contributed by atoms with Crippen molar-refractivity contribution in [2.75, 3.05) is 19.8 Å². The summed E-state index contributed by atoms with van der Waals surface area (Å²) < 4.78 is 22.8. The van der Waals surface area contributed by atoms with E-state index in [1.807, 2.05) is 6.08 Å². The number of carbonyl (C=O) groups is 1. The van der Waals surface area contributed by atoms with Crippen LogP contribution in [0.3, 0.4) is 0 Å². The Bertz CT molecular complexity index is 1650. The molecule has 0 bridgehead atoms. The van der Waals surface area contributed by atoms with Crippen LogP contribution < -0.4 is 5.32 Å². The normalized spacial score (nSPS) is 23.0. The van der Waals surface area contributed by atoms with Crippen molar-refractivity contribution in [1.82, 2.24) is 5.32 Å². The molecule has 2 heterocycles. The Balaban J connectivity index is 1.55. The number of amides is 1. The molecule has 14 nitrogen and oxygen atoms in total. The second-order valence-corrected chi connectivity index (χ2v) is 27.1. The summed E-state index contributed by atoms with van der Waals surface area (Å²) in [5.41, 5.74) is 0. The molecule has 530 valence electrons. The molecule has 12 unspecified atom stereocenters. The molecule has 2 fully saturated rings. The summed E-state index contributed by atoms with van der Waals surface area (Å²) in [6.07, 6.45) is 62.6. The van der Waals surface area contributed by atoms with Gasteiger partial charge in [-0.05, 0) is 44.9 Å². The summed E-state index contributed by atoms with van der Waals surface area (Å²) in [4.78, 5) is 13.3. The fourth-order valence-electron chi connectivity index (χ4n) is 12.7. The molecule has 12 atom stereocenters. The lowest BCUT2D eigenvalue weighted by Crippen LogP contribution is -2.65. The highest BCUT2D eigenvalue weighted by molar-refractivity contribution is 5.76. The van der Waals surface area contributed by atoms with Crippen LogP contribution in [-0.4, -0.2) is 140 Å². The van der Waals surface area contributed by atoms with Gasteiger partial charge in [-0.2, -0.15) is 0 Å². The second kappa shape index (κ2) is 60.8. The zero-order valence-electron chi connectivity index (χ0n) is 57.9. The van der Waals surface area contributed by atoms with E-state index in [1.54, 1.807) is 6.08 Å². The Morgan fingerprint density at radius 1 is 0.389 bits per heavy atom. The van der Waals surface area contributed by atoms with Gasteiger partial charge in [0, 0.05) is 6.42 Å². The van der Waals surface area contributed by atoms with E-state index in [4.69, 9.17) is 18.9 Å². The fraction of sp³-hybridized carbons (Fsp3) is 0.908. The molecule has 14 heteroatoms. The third-order valence-corrected chi connectivity index (χ3v) is 18.8. The maximum Gasteiger partial charge on any atom is 0.220 e. The van der Waals surface area contributed by atoms with Crippen molar-refractivity contribution in [2.24, 2.45) is 0 Å². The molecule has 0 aliphatic carbocycles. The molecular formula is C76H143NO13. The minimum atomic E-state index is -1.79. The van der Waals surface area contributed by atoms with Gasteiger partial charge in [0.1, 0.15) is 48.8 Å². The van der Waals surface area contributed by atoms with Gasteiger partial charge in [0.05, 0.1) is 32.0 Å². The van der Waals surface area contributed by atoms with Crippen LogP contribution in [0.1, 0.15) is 348 Å². The van der Waals surface area contributed by atoms with Crippen LogP contribution in [0, 0.1) is 0 Å². The second-order valence-electron chi connectivity index (χ2n) is 27.1. The van der Waals surface area contributed by atoms with Crippen molar-refractivity contribution in [2.45, 2.75) is 421 Å². The number of rotatable bonds is 64. The predicted octanol–water partition coefficient (Wildman–Crippen LogP) is 16.5. The molecule has 0 aromatic carbocycles. The van der Waals surface area contributed by atoms with Gasteiger partial charge in [-0.15, -0.1) is 0 Å². The maximum absolute atomic E-state index is 13.3. The van der Waals surface area contributed by atoms with Crippen molar-refractivity contribution in [3.8, 4) is 0 Å². The Kier molecular flexibility index (Phi) is 57.0. The van der Waals surface area contributed by atoms with Crippen LogP contribution in [0.15, 0.2) is 36.5 Å². The first-order valence-electron chi connectivity index (χ1n) is 38.2. The van der Waals surface area contributed by atoms with E-state index in [9.17, 15) is 45.6 Å². The van der Waals surface area contributed by atoms with Crippen LogP contribution in [0.5, 0.6) is 0 Å². The fourth-order valence-corrected chi connectivity index (χ4v) is 12.7. The number of hydrogen-bond donors (Lipinski definition) is 9. The Labute approximate surface area is 551 Å². The minimum Gasteiger partial charge on any atom is -0.394 e. The highest BCUT2D eigenvalue weighted by Gasteiger charge is 2.51. The Morgan fingerprint density at radius 3 is 1.09 bits per heavy atom. The van der Waals surface area contributed by atoms with Crippen molar-refractivity contribution in [3.63, 3.8) is 0 Å². The Morgan fingerprint density at radius 2 is 0.711 bits per heavy atom. The largest absolute Gasteiger partial charge is 0.394 e. The lowest BCUT2D eigenvalue weighted by atomic mass is 9.97. The molecule has 2 aliphatic rings. The minimum absolute atomic E-state index is 0.247. The molecule has 9 N–H and O–H groups in total. The van der Waals surface area contributed by atoms with Gasteiger partial charge in [-0.1, -0.05) is 333 Å². The number of aliphatic hydroxyl groups is 8. The van der Waals surface area contributed by atoms with Gasteiger partial charge >= 0.3 is 0 Å². The van der Waals surface area contributed by atoms with Gasteiger partial charge in [-0.25, -0.2) is 0 Å². The van der Waals surface area contributed by atoms with Crippen molar-refractivity contribution < 1.29 is 64.6 Å². The molecule has 2 aliphatic heterocycles. The molecule has 0 radical (unpaired) electrons. The van der Waals surface area contributed by atoms with E-state index in [2.05, 4.69) is 43.5 Å². The number of hydrogen-bond acceptors (Lipinski definition) is 13. The van der Waals surface area contributed by atoms with Crippen molar-refractivity contribution in [1.29, 1.82) is 0 Å². The average Bonchev–Trinajstić information content (AvgIpc) is 3.47. The smallest absolute Gasteiger partial charge is 0.220 e. The monoisotopic (exact) mass is 1280 g/mol. The molecule has 90 heavy (non-hydrogen) atoms. The topological polar surface area (TPSA) is 228 Å². The van der Waals surface area contributed by atoms with Gasteiger partial charge < -0.3 is 65.1 Å². The lowest BCUT2D eigenvalue weighted by molar-refractivity contribution is -0.359. The van der Waals surface area contributed by atoms with E-state index in [0.29, 0.717) is 12.8 Å². The van der Waals surface area contributed by atoms with Crippen molar-refractivity contribution >= 4 is 5.91 Å². The molecule has 1 amide bonds. The molecule has 2 saturated heterocycles. The maximum atomic E-state index is 13.3. The van der Waals surface area contributed by atoms with Crippen LogP contribution >= 0.6 is 0 Å². The first kappa shape index (κ1) is 84.3. The molecule has 2 rings (SSSR count). The van der Waals surface area contributed by atoms with Gasteiger partial charge in [0.25, 0.3) is 0 Å². The number of aliphatic hydroxyl groups excluding tert-OH is 8. The quantitative estimate of drug-likeness (QED) is 0.0204. The van der Waals surface area contributed by atoms with E-state index in [0.717, 1.165) is 44.9 Å². The predicted molar refractivity (Wildman–Crippen MR) is 369 cm³/mol. The average molecular weight is 1280 g/mol. The number of nitrogens with one attached hydrogen (secondary N) is 1. The molecule has 0 aromatic heterocycles. The van der Waals surface area contributed by atoms with E-state index >= 15 is 0 Å². The van der Waals surface area contributed by atoms with E-state index in [1.165, 1.54) is 270 Å². The zero-order chi connectivity index (χ0) is 65.2. The SMILES string of the molecule is CCCCCCCC/C=C/CC/C=C/CC/C=C/C(O)C(COC1OC(CO)C(OC2OC(CO)C(O)C(O)C2O)C(O)C1O)NC(=O)CCCCCCCCCCCCCCCCCCCCCCCCCCCCCCCCCCCCCCCCCC. The molecule has 0 spiro atoms. The summed E-state index contributed by atoms with van der Waals surface area (Å²) in [7, 11) is 0. The lowest BCUT2D eigenvalue weighted by Gasteiger charge is -2.46. The summed E-state index contributed by atoms with van der Waals surface area (Å²) in [5.74, 6) is -0.247. The highest BCUT2D eigenvalue weighted by Crippen LogP contribution is 2.30. The van der Waals surface area contributed by atoms with Gasteiger partial charge in [0.2, 0.25) is 5.91 Å². The first-order valence-corrected chi connectivity index (χ1v) is 38.2. The summed E-state index contributed by atoms with van der Waals surface area (Å²) >= 11 is 0. The third kappa shape index (κ3) is 44.0. The summed E-state index contributed by atoms with van der Waals surface area (Å²) in [5, 5.41) is 87.3. The summed E-state index contributed by atoms with van der Waals surface area (Å²) in [6, 6.07) is -0.936. The van der Waals surface area contributed by atoms with Crippen LogP contribution in [0.2, 0.25) is 0 Å². The summed E-state index contributed by atoms with van der Waals surface area (Å²) in [6.45, 7) is 2.80. The Hall–Kier alpha value is -1.79. The van der Waals surface area contributed by atoms with Gasteiger partial charge in [0.15, 0.2) is 12.6 Å². The molecule has 0 aromatic rings. The number of carbonyl (C=O) groups excluding carboxylic acids is 1. The third-order valence-electron chi connectivity index (χ3n) is 18.8. The number of unbranched alkanes of at least 4 members (excludes halogenated alkanes) is 47. The number of allylic oxidation sites excluding steroid dienone is 5.